The number of thiol groups is 1. The average Bonchev–Trinajstić information content (AvgIpc) is 2.90. The Labute approximate surface area is 265 Å². The fourth-order valence-electron chi connectivity index (χ4n) is 5.00. The predicted octanol–water partition coefficient (Wildman–Crippen LogP) is 7.13. The highest BCUT2D eigenvalue weighted by molar-refractivity contribution is 7.81. The Morgan fingerprint density at radius 3 is 2.35 bits per heavy atom. The van der Waals surface area contributed by atoms with Crippen molar-refractivity contribution in [1.29, 1.82) is 0 Å². The summed E-state index contributed by atoms with van der Waals surface area (Å²) in [6.45, 7) is 19.9. The highest BCUT2D eigenvalue weighted by atomic mass is 32.1. The molecule has 240 valence electrons. The van der Waals surface area contributed by atoms with Gasteiger partial charge in [-0.3, -0.25) is 9.59 Å². The normalized spacial score (nSPS) is 22.3. The Kier molecular flexibility index (Phi) is 16.3. The lowest BCUT2D eigenvalue weighted by molar-refractivity contribution is -0.143. The van der Waals surface area contributed by atoms with E-state index in [4.69, 9.17) is 4.74 Å². The molecule has 2 N–H and O–H groups in total. The van der Waals surface area contributed by atoms with Crippen molar-refractivity contribution in [3.63, 3.8) is 0 Å². The van der Waals surface area contributed by atoms with Gasteiger partial charge in [0.1, 0.15) is 11.9 Å². The lowest BCUT2D eigenvalue weighted by Gasteiger charge is -2.26. The van der Waals surface area contributed by atoms with E-state index in [1.165, 1.54) is 6.08 Å². The van der Waals surface area contributed by atoms with Crippen LogP contribution < -0.4 is 5.32 Å². The Morgan fingerprint density at radius 1 is 1.09 bits per heavy atom. The van der Waals surface area contributed by atoms with Gasteiger partial charge in [-0.25, -0.2) is 4.79 Å². The molecule has 43 heavy (non-hydrogen) atoms. The minimum Gasteiger partial charge on any atom is -0.454 e. The first-order valence-electron chi connectivity index (χ1n) is 15.4. The van der Waals surface area contributed by atoms with Crippen molar-refractivity contribution in [2.45, 2.75) is 99.0 Å². The van der Waals surface area contributed by atoms with E-state index in [1.807, 2.05) is 85.8 Å². The number of ether oxygens (including phenoxy) is 1. The number of aliphatic hydroxyl groups excluding tert-OH is 1. The van der Waals surface area contributed by atoms with Crippen LogP contribution in [0.2, 0.25) is 0 Å². The van der Waals surface area contributed by atoms with E-state index in [2.05, 4.69) is 37.0 Å². The van der Waals surface area contributed by atoms with Gasteiger partial charge in [0.2, 0.25) is 5.91 Å². The van der Waals surface area contributed by atoms with Gasteiger partial charge in [-0.2, -0.15) is 12.6 Å². The van der Waals surface area contributed by atoms with Gasteiger partial charge in [-0.05, 0) is 65.4 Å². The Balaban J connectivity index is 2.63. The Morgan fingerprint density at radius 2 is 1.72 bits per heavy atom. The molecule has 0 saturated carbocycles. The van der Waals surface area contributed by atoms with E-state index >= 15 is 0 Å². The summed E-state index contributed by atoms with van der Waals surface area (Å²) in [5.74, 6) is -1.05. The maximum atomic E-state index is 13.1. The first-order chi connectivity index (χ1) is 19.9. The molecule has 0 aliphatic carbocycles. The fourth-order valence-corrected chi connectivity index (χ4v) is 5.08. The number of hydrogen-bond acceptors (Lipinski definition) is 6. The maximum absolute atomic E-state index is 13.1. The van der Waals surface area contributed by atoms with Gasteiger partial charge in [-0.15, -0.1) is 0 Å². The lowest BCUT2D eigenvalue weighted by Crippen LogP contribution is -2.34. The molecule has 0 aromatic heterocycles. The summed E-state index contributed by atoms with van der Waals surface area (Å²) in [7, 11) is 0. The van der Waals surface area contributed by atoms with E-state index in [0.29, 0.717) is 18.9 Å². The molecule has 0 saturated heterocycles. The number of hydrogen-bond donors (Lipinski definition) is 3. The number of amides is 1. The summed E-state index contributed by atoms with van der Waals surface area (Å²) in [5.41, 5.74) is 2.96. The van der Waals surface area contributed by atoms with Crippen LogP contribution >= 0.6 is 12.6 Å². The zero-order valence-electron chi connectivity index (χ0n) is 27.9. The van der Waals surface area contributed by atoms with Gasteiger partial charge in [0.15, 0.2) is 0 Å². The molecule has 1 rings (SSSR count). The molecule has 0 radical (unpaired) electrons. The molecular weight excluding hydrogens is 558 g/mol. The molecule has 6 nitrogen and oxygen atoms in total. The van der Waals surface area contributed by atoms with Crippen LogP contribution in [0.15, 0.2) is 71.4 Å². The molecule has 1 amide bonds. The molecule has 0 bridgehead atoms. The number of ketones is 1. The number of rotatable bonds is 16. The van der Waals surface area contributed by atoms with Crippen LogP contribution in [0.4, 0.5) is 0 Å². The summed E-state index contributed by atoms with van der Waals surface area (Å²) in [6.07, 6.45) is 17.4. The molecule has 0 aromatic carbocycles. The number of aliphatic hydroxyl groups is 1. The predicted molar refractivity (Wildman–Crippen MR) is 181 cm³/mol. The monoisotopic (exact) mass is 613 g/mol. The van der Waals surface area contributed by atoms with Crippen LogP contribution in [-0.2, 0) is 19.1 Å². The second-order valence-corrected chi connectivity index (χ2v) is 14.3. The summed E-state index contributed by atoms with van der Waals surface area (Å²) in [5, 5.41) is 13.8. The standard InChI is InChI=1S/C36H55NO5S/c1-23(18-25(3)14-16-31-27(5)15-17-33(39)42-31)12-11-13-24(2)19-28(6)34(40)30(8)35(41)29(7)20-26(4)21-32(38)37-22-36(9,10)43/h11,13-19,21,23,27-31,35,41,43H,12,20,22H2,1-10H3,(H,37,38)/b13-11+,16-14+,24-19+,25-18-,26-21+/t23-,27+,28-,29+,30-,31+,35-/m1/s1. The Bertz CT molecular complexity index is 1140. The largest absolute Gasteiger partial charge is 0.454 e. The van der Waals surface area contributed by atoms with Crippen LogP contribution in [0.25, 0.3) is 0 Å². The number of nitrogens with one attached hydrogen (secondary N) is 1. The number of cyclic esters (lactones) is 1. The molecule has 1 aliphatic rings. The average molecular weight is 614 g/mol. The first-order valence-corrected chi connectivity index (χ1v) is 15.8. The quantitative estimate of drug-likeness (QED) is 0.0745. The highest BCUT2D eigenvalue weighted by Crippen LogP contribution is 2.24. The molecule has 1 aliphatic heterocycles. The van der Waals surface area contributed by atoms with Gasteiger partial charge in [0.25, 0.3) is 0 Å². The van der Waals surface area contributed by atoms with Crippen LogP contribution in [0.5, 0.6) is 0 Å². The number of Topliss-reactive ketones (excluding diaryl/α,β-unsaturated/α-hetero) is 1. The zero-order valence-corrected chi connectivity index (χ0v) is 28.8. The second-order valence-electron chi connectivity index (χ2n) is 13.1. The van der Waals surface area contributed by atoms with E-state index < -0.39 is 12.0 Å². The van der Waals surface area contributed by atoms with Crippen molar-refractivity contribution < 1.29 is 24.2 Å². The molecule has 7 heteroatoms. The zero-order chi connectivity index (χ0) is 32.9. The SMILES string of the molecule is CC(=C/[C@H](C)C/C=C/C(C)=C/[C@@H](C)C(=O)[C@@H](C)[C@H](O)[C@@H](C)C/C(C)=C/C(=O)NCC(C)(C)S)/C=C/[C@@H]1OC(=O)C=C[C@@H]1C. The molecule has 7 atom stereocenters. The van der Waals surface area contributed by atoms with Crippen molar-refractivity contribution in [3.8, 4) is 0 Å². The summed E-state index contributed by atoms with van der Waals surface area (Å²) in [4.78, 5) is 36.8. The smallest absolute Gasteiger partial charge is 0.331 e. The third kappa shape index (κ3) is 15.6. The lowest BCUT2D eigenvalue weighted by atomic mass is 9.83. The number of esters is 1. The van der Waals surface area contributed by atoms with Gasteiger partial charge in [-0.1, -0.05) is 87.8 Å². The van der Waals surface area contributed by atoms with Crippen molar-refractivity contribution in [1.82, 2.24) is 5.32 Å². The van der Waals surface area contributed by atoms with Crippen LogP contribution in [0, 0.1) is 29.6 Å². The van der Waals surface area contributed by atoms with E-state index in [1.54, 1.807) is 13.0 Å². The number of carbonyl (C=O) groups is 3. The fraction of sp³-hybridized carbons (Fsp3) is 0.583. The summed E-state index contributed by atoms with van der Waals surface area (Å²) < 4.78 is 5.07. The molecule has 0 fully saturated rings. The third-order valence-corrected chi connectivity index (χ3v) is 7.67. The van der Waals surface area contributed by atoms with Gasteiger partial charge in [0, 0.05) is 41.2 Å². The highest BCUT2D eigenvalue weighted by Gasteiger charge is 2.29. The van der Waals surface area contributed by atoms with Gasteiger partial charge in [0.05, 0.1) is 6.10 Å². The number of carbonyl (C=O) groups excluding carboxylic acids is 3. The number of allylic oxidation sites excluding steroid dienone is 8. The van der Waals surface area contributed by atoms with E-state index in [-0.39, 0.29) is 46.3 Å². The maximum Gasteiger partial charge on any atom is 0.331 e. The Hall–Kier alpha value is -2.64. The topological polar surface area (TPSA) is 92.7 Å². The first kappa shape index (κ1) is 38.4. The van der Waals surface area contributed by atoms with Crippen molar-refractivity contribution in [2.24, 2.45) is 29.6 Å². The van der Waals surface area contributed by atoms with E-state index in [9.17, 15) is 19.5 Å². The minimum absolute atomic E-state index is 0.00495. The van der Waals surface area contributed by atoms with Crippen molar-refractivity contribution >= 4 is 30.3 Å². The van der Waals surface area contributed by atoms with Crippen molar-refractivity contribution in [3.05, 3.63) is 71.4 Å². The molecule has 0 spiro atoms. The van der Waals surface area contributed by atoms with Gasteiger partial charge >= 0.3 is 5.97 Å². The second kappa shape index (κ2) is 18.2. The van der Waals surface area contributed by atoms with Crippen molar-refractivity contribution in [2.75, 3.05) is 6.54 Å². The van der Waals surface area contributed by atoms with Crippen LogP contribution in [0.3, 0.4) is 0 Å². The van der Waals surface area contributed by atoms with Crippen LogP contribution in [-0.4, -0.2) is 46.3 Å². The third-order valence-electron chi connectivity index (χ3n) is 7.51. The molecule has 0 aromatic rings. The van der Waals surface area contributed by atoms with Crippen LogP contribution in [0.1, 0.15) is 82.1 Å². The minimum atomic E-state index is -0.809. The molecular formula is C36H55NO5S. The van der Waals surface area contributed by atoms with Gasteiger partial charge < -0.3 is 15.2 Å². The molecule has 0 unspecified atom stereocenters. The van der Waals surface area contributed by atoms with E-state index in [0.717, 1.165) is 23.1 Å². The summed E-state index contributed by atoms with van der Waals surface area (Å²) in [6, 6.07) is 0. The molecule has 1 heterocycles. The summed E-state index contributed by atoms with van der Waals surface area (Å²) >= 11 is 4.42.